The molecular formula is C20H25N5O2. The Kier molecular flexibility index (Phi) is 5.20. The standard InChI is InChI=1S/C20H25N5O2/c26-19-12-21-8-10-25(19)18-7-4-9-23(15-18)20(27)17-11-22-24(14-17)13-16-5-2-1-3-6-16/h1-3,5-6,11,14,18,21H,4,7-10,12-13,15H2. The summed E-state index contributed by atoms with van der Waals surface area (Å²) in [6, 6.07) is 10.2. The van der Waals surface area contributed by atoms with Crippen molar-refractivity contribution in [1.82, 2.24) is 24.9 Å². The first-order valence-corrected chi connectivity index (χ1v) is 9.56. The van der Waals surface area contributed by atoms with Crippen LogP contribution in [-0.4, -0.2) is 70.2 Å². The van der Waals surface area contributed by atoms with Crippen LogP contribution >= 0.6 is 0 Å². The number of piperazine rings is 1. The summed E-state index contributed by atoms with van der Waals surface area (Å²) in [7, 11) is 0. The van der Waals surface area contributed by atoms with Gasteiger partial charge in [0.25, 0.3) is 5.91 Å². The van der Waals surface area contributed by atoms with Crippen molar-refractivity contribution in [2.24, 2.45) is 0 Å². The number of hydrogen-bond acceptors (Lipinski definition) is 4. The summed E-state index contributed by atoms with van der Waals surface area (Å²) < 4.78 is 1.80. The lowest BCUT2D eigenvalue weighted by molar-refractivity contribution is -0.135. The van der Waals surface area contributed by atoms with Crippen molar-refractivity contribution in [1.29, 1.82) is 0 Å². The maximum atomic E-state index is 12.9. The number of hydrogen-bond donors (Lipinski definition) is 1. The fraction of sp³-hybridized carbons (Fsp3) is 0.450. The van der Waals surface area contributed by atoms with Crippen molar-refractivity contribution in [2.45, 2.75) is 25.4 Å². The van der Waals surface area contributed by atoms with Crippen LogP contribution in [0, 0.1) is 0 Å². The third-order valence-corrected chi connectivity index (χ3v) is 5.32. The van der Waals surface area contributed by atoms with Crippen molar-refractivity contribution in [3.8, 4) is 0 Å². The van der Waals surface area contributed by atoms with Crippen LogP contribution in [0.4, 0.5) is 0 Å². The molecule has 7 nitrogen and oxygen atoms in total. The predicted molar refractivity (Wildman–Crippen MR) is 101 cm³/mol. The lowest BCUT2D eigenvalue weighted by Crippen LogP contribution is -2.57. The number of aromatic nitrogens is 2. The van der Waals surface area contributed by atoms with Gasteiger partial charge in [-0.05, 0) is 18.4 Å². The van der Waals surface area contributed by atoms with Gasteiger partial charge in [0.05, 0.1) is 24.8 Å². The van der Waals surface area contributed by atoms with E-state index in [0.29, 0.717) is 25.2 Å². The van der Waals surface area contributed by atoms with Gasteiger partial charge < -0.3 is 15.1 Å². The molecule has 0 saturated carbocycles. The molecule has 2 aliphatic heterocycles. The summed E-state index contributed by atoms with van der Waals surface area (Å²) in [6.45, 7) is 3.93. The number of carbonyl (C=O) groups is 2. The lowest BCUT2D eigenvalue weighted by Gasteiger charge is -2.41. The van der Waals surface area contributed by atoms with Gasteiger partial charge in [-0.3, -0.25) is 14.3 Å². The minimum Gasteiger partial charge on any atom is -0.336 e. The monoisotopic (exact) mass is 367 g/mol. The number of piperidine rings is 1. The normalized spacial score (nSPS) is 20.7. The van der Waals surface area contributed by atoms with Crippen molar-refractivity contribution < 1.29 is 9.59 Å². The maximum absolute atomic E-state index is 12.9. The molecule has 2 amide bonds. The largest absolute Gasteiger partial charge is 0.336 e. The number of nitrogens with one attached hydrogen (secondary N) is 1. The van der Waals surface area contributed by atoms with E-state index in [1.54, 1.807) is 10.9 Å². The minimum absolute atomic E-state index is 0.00148. The molecular weight excluding hydrogens is 342 g/mol. The second kappa shape index (κ2) is 7.92. The van der Waals surface area contributed by atoms with Crippen LogP contribution in [0.15, 0.2) is 42.7 Å². The van der Waals surface area contributed by atoms with E-state index in [-0.39, 0.29) is 17.9 Å². The SMILES string of the molecule is O=C(c1cnn(Cc2ccccc2)c1)N1CCCC(N2CCNCC2=O)C1. The number of carbonyl (C=O) groups excluding carboxylic acids is 2. The molecule has 2 aromatic rings. The summed E-state index contributed by atoms with van der Waals surface area (Å²) >= 11 is 0. The third kappa shape index (κ3) is 4.03. The highest BCUT2D eigenvalue weighted by Gasteiger charge is 2.32. The second-order valence-electron chi connectivity index (χ2n) is 7.22. The number of nitrogens with zero attached hydrogens (tertiary/aromatic N) is 4. The lowest BCUT2D eigenvalue weighted by atomic mass is 10.0. The first-order valence-electron chi connectivity index (χ1n) is 9.56. The summed E-state index contributed by atoms with van der Waals surface area (Å²) in [5.41, 5.74) is 1.76. The topological polar surface area (TPSA) is 70.5 Å². The number of likely N-dealkylation sites (tertiary alicyclic amines) is 1. The molecule has 27 heavy (non-hydrogen) atoms. The predicted octanol–water partition coefficient (Wildman–Crippen LogP) is 0.968. The van der Waals surface area contributed by atoms with E-state index in [2.05, 4.69) is 10.4 Å². The van der Waals surface area contributed by atoms with Crippen molar-refractivity contribution in [2.75, 3.05) is 32.7 Å². The zero-order valence-corrected chi connectivity index (χ0v) is 15.4. The van der Waals surface area contributed by atoms with Crippen LogP contribution in [0.3, 0.4) is 0 Å². The summed E-state index contributed by atoms with van der Waals surface area (Å²) in [5, 5.41) is 7.45. The van der Waals surface area contributed by atoms with Gasteiger partial charge in [-0.2, -0.15) is 5.10 Å². The van der Waals surface area contributed by atoms with E-state index < -0.39 is 0 Å². The van der Waals surface area contributed by atoms with Crippen LogP contribution in [0.2, 0.25) is 0 Å². The average Bonchev–Trinajstić information content (AvgIpc) is 3.17. The molecule has 142 valence electrons. The Morgan fingerprint density at radius 1 is 1.22 bits per heavy atom. The van der Waals surface area contributed by atoms with E-state index in [4.69, 9.17) is 0 Å². The highest BCUT2D eigenvalue weighted by Crippen LogP contribution is 2.19. The molecule has 0 spiro atoms. The fourth-order valence-corrected chi connectivity index (χ4v) is 3.91. The van der Waals surface area contributed by atoms with E-state index in [9.17, 15) is 9.59 Å². The Balaban J connectivity index is 1.41. The molecule has 4 rings (SSSR count). The molecule has 0 bridgehead atoms. The quantitative estimate of drug-likeness (QED) is 0.874. The van der Waals surface area contributed by atoms with E-state index >= 15 is 0 Å². The van der Waals surface area contributed by atoms with Crippen LogP contribution in [0.5, 0.6) is 0 Å². The molecule has 1 aromatic heterocycles. The highest BCUT2D eigenvalue weighted by molar-refractivity contribution is 5.93. The molecule has 3 heterocycles. The van der Waals surface area contributed by atoms with Crippen molar-refractivity contribution in [3.05, 3.63) is 53.9 Å². The number of amides is 2. The maximum Gasteiger partial charge on any atom is 0.257 e. The Labute approximate surface area is 158 Å². The van der Waals surface area contributed by atoms with Gasteiger partial charge in [-0.15, -0.1) is 0 Å². The van der Waals surface area contributed by atoms with Crippen molar-refractivity contribution >= 4 is 11.8 Å². The zero-order valence-electron chi connectivity index (χ0n) is 15.4. The molecule has 1 aromatic carbocycles. The van der Waals surface area contributed by atoms with Crippen LogP contribution < -0.4 is 5.32 Å². The molecule has 2 fully saturated rings. The first-order chi connectivity index (χ1) is 13.2. The number of benzene rings is 1. The van der Waals surface area contributed by atoms with Crippen molar-refractivity contribution in [3.63, 3.8) is 0 Å². The molecule has 7 heteroatoms. The van der Waals surface area contributed by atoms with Gasteiger partial charge in [0, 0.05) is 38.4 Å². The van der Waals surface area contributed by atoms with Gasteiger partial charge >= 0.3 is 0 Å². The van der Waals surface area contributed by atoms with Gasteiger partial charge in [-0.25, -0.2) is 0 Å². The smallest absolute Gasteiger partial charge is 0.257 e. The Morgan fingerprint density at radius 3 is 2.89 bits per heavy atom. The molecule has 2 aliphatic rings. The molecule has 2 saturated heterocycles. The second-order valence-corrected chi connectivity index (χ2v) is 7.22. The van der Waals surface area contributed by atoms with E-state index in [1.807, 2.05) is 46.3 Å². The first kappa shape index (κ1) is 17.7. The van der Waals surface area contributed by atoms with Crippen LogP contribution in [0.1, 0.15) is 28.8 Å². The Hall–Kier alpha value is -2.67. The summed E-state index contributed by atoms with van der Waals surface area (Å²) in [4.78, 5) is 28.9. The van der Waals surface area contributed by atoms with Gasteiger partial charge in [0.2, 0.25) is 5.91 Å². The fourth-order valence-electron chi connectivity index (χ4n) is 3.91. The van der Waals surface area contributed by atoms with Gasteiger partial charge in [0.1, 0.15) is 0 Å². The molecule has 1 N–H and O–H groups in total. The average molecular weight is 367 g/mol. The van der Waals surface area contributed by atoms with Crippen LogP contribution in [-0.2, 0) is 11.3 Å². The molecule has 1 unspecified atom stereocenters. The third-order valence-electron chi connectivity index (χ3n) is 5.32. The summed E-state index contributed by atoms with van der Waals surface area (Å²) in [6.07, 6.45) is 5.34. The molecule has 0 aliphatic carbocycles. The number of rotatable bonds is 4. The molecule has 0 radical (unpaired) electrons. The Bertz CT molecular complexity index is 804. The summed E-state index contributed by atoms with van der Waals surface area (Å²) in [5.74, 6) is 0.137. The van der Waals surface area contributed by atoms with E-state index in [1.165, 1.54) is 0 Å². The zero-order chi connectivity index (χ0) is 18.6. The minimum atomic E-state index is 0.00148. The highest BCUT2D eigenvalue weighted by atomic mass is 16.2. The Morgan fingerprint density at radius 2 is 2.07 bits per heavy atom. The molecule has 1 atom stereocenters. The van der Waals surface area contributed by atoms with Crippen LogP contribution in [0.25, 0.3) is 0 Å². The van der Waals surface area contributed by atoms with Gasteiger partial charge in [-0.1, -0.05) is 30.3 Å². The van der Waals surface area contributed by atoms with Gasteiger partial charge in [0.15, 0.2) is 0 Å². The van der Waals surface area contributed by atoms with E-state index in [0.717, 1.165) is 38.0 Å².